The van der Waals surface area contributed by atoms with E-state index in [1.165, 1.54) is 6.07 Å². The highest BCUT2D eigenvalue weighted by Gasteiger charge is 2.18. The fraction of sp³-hybridized carbons (Fsp3) is 0.600. The molecule has 1 aromatic rings. The van der Waals surface area contributed by atoms with E-state index in [-0.39, 0.29) is 18.2 Å². The van der Waals surface area contributed by atoms with Crippen molar-refractivity contribution in [3.63, 3.8) is 0 Å². The molecule has 3 nitrogen and oxygen atoms in total. The molecule has 0 aliphatic heterocycles. The Morgan fingerprint density at radius 2 is 2.00 bits per heavy atom. The predicted molar refractivity (Wildman–Crippen MR) is 74.4 cm³/mol. The average molecular weight is 287 g/mol. The van der Waals surface area contributed by atoms with Gasteiger partial charge in [-0.1, -0.05) is 19.9 Å². The van der Waals surface area contributed by atoms with Crippen LogP contribution in [0.5, 0.6) is 0 Å². The van der Waals surface area contributed by atoms with Gasteiger partial charge in [0.05, 0.1) is 12.7 Å². The van der Waals surface area contributed by atoms with Crippen molar-refractivity contribution in [1.29, 1.82) is 0 Å². The molecular weight excluding hydrogens is 264 g/mol. The number of hydrogen-bond acceptors (Lipinski definition) is 3. The van der Waals surface area contributed by atoms with E-state index in [0.29, 0.717) is 19.1 Å². The van der Waals surface area contributed by atoms with Crippen LogP contribution in [0.4, 0.5) is 8.78 Å². The Balaban J connectivity index is 2.58. The van der Waals surface area contributed by atoms with Crippen molar-refractivity contribution >= 4 is 0 Å². The zero-order valence-corrected chi connectivity index (χ0v) is 12.2. The van der Waals surface area contributed by atoms with Gasteiger partial charge < -0.3 is 15.2 Å². The molecular formula is C15H23F2NO2. The van der Waals surface area contributed by atoms with Crippen LogP contribution in [0.1, 0.15) is 32.4 Å². The highest BCUT2D eigenvalue weighted by Crippen LogP contribution is 2.18. The van der Waals surface area contributed by atoms with Gasteiger partial charge in [0.2, 0.25) is 0 Å². The van der Waals surface area contributed by atoms with E-state index in [9.17, 15) is 13.9 Å². The summed E-state index contributed by atoms with van der Waals surface area (Å²) in [5.41, 5.74) is 0.0952. The molecule has 0 amide bonds. The van der Waals surface area contributed by atoms with Crippen LogP contribution < -0.4 is 5.32 Å². The molecule has 0 fully saturated rings. The lowest BCUT2D eigenvalue weighted by molar-refractivity contribution is 0.0964. The molecule has 2 unspecified atom stereocenters. The molecule has 0 aliphatic rings. The van der Waals surface area contributed by atoms with Crippen LogP contribution in [0.15, 0.2) is 18.2 Å². The van der Waals surface area contributed by atoms with Crippen LogP contribution in [0.25, 0.3) is 0 Å². The summed E-state index contributed by atoms with van der Waals surface area (Å²) in [4.78, 5) is 0. The normalized spacial score (nSPS) is 14.6. The molecule has 1 aromatic carbocycles. The molecule has 0 aliphatic carbocycles. The first kappa shape index (κ1) is 17.0. The van der Waals surface area contributed by atoms with Crippen molar-refractivity contribution < 1.29 is 18.6 Å². The van der Waals surface area contributed by atoms with Crippen LogP contribution in [0.2, 0.25) is 0 Å². The second-order valence-electron chi connectivity index (χ2n) is 5.10. The number of hydrogen-bond donors (Lipinski definition) is 2. The van der Waals surface area contributed by atoms with Gasteiger partial charge in [-0.25, -0.2) is 8.78 Å². The number of aliphatic hydroxyl groups excluding tert-OH is 1. The highest BCUT2D eigenvalue weighted by atomic mass is 19.1. The smallest absolute Gasteiger partial charge is 0.131 e. The van der Waals surface area contributed by atoms with Gasteiger partial charge in [-0.05, 0) is 18.9 Å². The summed E-state index contributed by atoms with van der Waals surface area (Å²) in [5, 5.41) is 13.1. The van der Waals surface area contributed by atoms with Gasteiger partial charge in [0, 0.05) is 30.8 Å². The molecule has 0 heterocycles. The van der Waals surface area contributed by atoms with Gasteiger partial charge >= 0.3 is 0 Å². The van der Waals surface area contributed by atoms with Gasteiger partial charge in [0.15, 0.2) is 0 Å². The van der Waals surface area contributed by atoms with E-state index < -0.39 is 17.7 Å². The third-order valence-corrected chi connectivity index (χ3v) is 3.20. The SMILES string of the molecule is CCOCC(NCC(O)c1ccc(F)cc1F)C(C)C. The Kier molecular flexibility index (Phi) is 7.05. The summed E-state index contributed by atoms with van der Waals surface area (Å²) in [6, 6.07) is 3.26. The van der Waals surface area contributed by atoms with E-state index in [1.807, 2.05) is 20.8 Å². The van der Waals surface area contributed by atoms with Crippen LogP contribution >= 0.6 is 0 Å². The summed E-state index contributed by atoms with van der Waals surface area (Å²) < 4.78 is 31.7. The Labute approximate surface area is 119 Å². The molecule has 20 heavy (non-hydrogen) atoms. The van der Waals surface area contributed by atoms with Crippen molar-refractivity contribution in [2.45, 2.75) is 32.9 Å². The number of benzene rings is 1. The van der Waals surface area contributed by atoms with Crippen molar-refractivity contribution in [1.82, 2.24) is 5.32 Å². The summed E-state index contributed by atoms with van der Waals surface area (Å²) >= 11 is 0. The van der Waals surface area contributed by atoms with Gasteiger partial charge in [0.25, 0.3) is 0 Å². The Bertz CT molecular complexity index is 413. The first-order valence-electron chi connectivity index (χ1n) is 6.89. The standard InChI is InChI=1S/C15H23F2NO2/c1-4-20-9-14(10(2)3)18-8-15(19)12-6-5-11(16)7-13(12)17/h5-7,10,14-15,18-19H,4,8-9H2,1-3H3. The van der Waals surface area contributed by atoms with Gasteiger partial charge in [-0.3, -0.25) is 0 Å². The van der Waals surface area contributed by atoms with Gasteiger partial charge in [-0.2, -0.15) is 0 Å². The number of aliphatic hydroxyl groups is 1. The lowest BCUT2D eigenvalue weighted by atomic mass is 10.0. The summed E-state index contributed by atoms with van der Waals surface area (Å²) in [5.74, 6) is -1.06. The molecule has 0 aromatic heterocycles. The number of ether oxygens (including phenoxy) is 1. The van der Waals surface area contributed by atoms with Gasteiger partial charge in [0.1, 0.15) is 11.6 Å². The molecule has 2 N–H and O–H groups in total. The quantitative estimate of drug-likeness (QED) is 0.772. The second kappa shape index (κ2) is 8.29. The van der Waals surface area contributed by atoms with E-state index in [2.05, 4.69) is 5.32 Å². The molecule has 2 atom stereocenters. The lowest BCUT2D eigenvalue weighted by Gasteiger charge is -2.24. The van der Waals surface area contributed by atoms with Crippen molar-refractivity contribution in [2.75, 3.05) is 19.8 Å². The van der Waals surface area contributed by atoms with Crippen molar-refractivity contribution in [3.05, 3.63) is 35.4 Å². The van der Waals surface area contributed by atoms with Crippen molar-refractivity contribution in [2.24, 2.45) is 5.92 Å². The number of rotatable bonds is 8. The molecule has 5 heteroatoms. The molecule has 1 rings (SSSR count). The minimum Gasteiger partial charge on any atom is -0.387 e. The fourth-order valence-corrected chi connectivity index (χ4v) is 1.88. The summed E-state index contributed by atoms with van der Waals surface area (Å²) in [6.45, 7) is 7.36. The Hall–Kier alpha value is -1.04. The third-order valence-electron chi connectivity index (χ3n) is 3.20. The van der Waals surface area contributed by atoms with Crippen LogP contribution in [-0.4, -0.2) is 30.9 Å². The third kappa shape index (κ3) is 5.15. The van der Waals surface area contributed by atoms with Gasteiger partial charge in [-0.15, -0.1) is 0 Å². The van der Waals surface area contributed by atoms with Crippen LogP contribution in [0.3, 0.4) is 0 Å². The molecule has 0 spiro atoms. The molecule has 114 valence electrons. The van der Waals surface area contributed by atoms with E-state index in [4.69, 9.17) is 4.74 Å². The largest absolute Gasteiger partial charge is 0.387 e. The highest BCUT2D eigenvalue weighted by molar-refractivity contribution is 5.21. The van der Waals surface area contributed by atoms with E-state index in [1.54, 1.807) is 0 Å². The van der Waals surface area contributed by atoms with E-state index >= 15 is 0 Å². The predicted octanol–water partition coefficient (Wildman–Crippen LogP) is 2.65. The molecule has 0 radical (unpaired) electrons. The van der Waals surface area contributed by atoms with Crippen LogP contribution in [-0.2, 0) is 4.74 Å². The fourth-order valence-electron chi connectivity index (χ4n) is 1.88. The topological polar surface area (TPSA) is 41.5 Å². The monoisotopic (exact) mass is 287 g/mol. The maximum Gasteiger partial charge on any atom is 0.131 e. The second-order valence-corrected chi connectivity index (χ2v) is 5.10. The molecule has 0 bridgehead atoms. The first-order valence-corrected chi connectivity index (χ1v) is 6.89. The minimum atomic E-state index is -1.02. The minimum absolute atomic E-state index is 0.0770. The number of nitrogens with one attached hydrogen (secondary N) is 1. The maximum atomic E-state index is 13.5. The zero-order chi connectivity index (χ0) is 15.1. The lowest BCUT2D eigenvalue weighted by Crippen LogP contribution is -2.40. The average Bonchev–Trinajstić information content (AvgIpc) is 2.38. The zero-order valence-electron chi connectivity index (χ0n) is 12.2. The van der Waals surface area contributed by atoms with Crippen molar-refractivity contribution in [3.8, 4) is 0 Å². The van der Waals surface area contributed by atoms with E-state index in [0.717, 1.165) is 12.1 Å². The maximum absolute atomic E-state index is 13.5. The first-order chi connectivity index (χ1) is 9.45. The summed E-state index contributed by atoms with van der Waals surface area (Å²) in [7, 11) is 0. The van der Waals surface area contributed by atoms with Crippen LogP contribution in [0, 0.1) is 17.6 Å². The molecule has 0 saturated carbocycles. The Morgan fingerprint density at radius 3 is 2.55 bits per heavy atom. The Morgan fingerprint density at radius 1 is 1.30 bits per heavy atom. The summed E-state index contributed by atoms with van der Waals surface area (Å²) in [6.07, 6.45) is -1.02. The molecule has 0 saturated heterocycles. The number of halogens is 2.